The summed E-state index contributed by atoms with van der Waals surface area (Å²) in [7, 11) is 0. The van der Waals surface area contributed by atoms with E-state index in [0.717, 1.165) is 24.3 Å². The molecular formula is C20H27NO2. The highest BCUT2D eigenvalue weighted by Gasteiger charge is 2.52. The monoisotopic (exact) mass is 313 g/mol. The minimum Gasteiger partial charge on any atom is -0.478 e. The molecule has 3 nitrogen and oxygen atoms in total. The summed E-state index contributed by atoms with van der Waals surface area (Å²) in [6.07, 6.45) is 8.73. The molecule has 4 aliphatic carbocycles. The van der Waals surface area contributed by atoms with Crippen LogP contribution in [0, 0.1) is 23.2 Å². The lowest BCUT2D eigenvalue weighted by atomic mass is 9.48. The maximum Gasteiger partial charge on any atom is 0.335 e. The molecule has 1 atom stereocenters. The van der Waals surface area contributed by atoms with Crippen molar-refractivity contribution in [2.45, 2.75) is 58.0 Å². The lowest BCUT2D eigenvalue weighted by Gasteiger charge is -2.59. The van der Waals surface area contributed by atoms with Crippen LogP contribution in [0.15, 0.2) is 24.3 Å². The Morgan fingerprint density at radius 3 is 2.13 bits per heavy atom. The number of hydrogen-bond donors (Lipinski definition) is 2. The maximum absolute atomic E-state index is 10.9. The highest BCUT2D eigenvalue weighted by atomic mass is 16.4. The van der Waals surface area contributed by atoms with Gasteiger partial charge in [-0.1, -0.05) is 12.1 Å². The third-order valence-electron chi connectivity index (χ3n) is 6.82. The van der Waals surface area contributed by atoms with Crippen molar-refractivity contribution in [3.8, 4) is 0 Å². The maximum atomic E-state index is 10.9. The molecule has 124 valence electrons. The van der Waals surface area contributed by atoms with Crippen molar-refractivity contribution >= 4 is 5.97 Å². The number of carboxylic acids is 1. The van der Waals surface area contributed by atoms with Crippen LogP contribution in [0.25, 0.3) is 0 Å². The van der Waals surface area contributed by atoms with Gasteiger partial charge in [-0.2, -0.15) is 0 Å². The largest absolute Gasteiger partial charge is 0.478 e. The predicted molar refractivity (Wildman–Crippen MR) is 90.3 cm³/mol. The van der Waals surface area contributed by atoms with Crippen LogP contribution in [-0.2, 0) is 6.54 Å². The molecule has 0 heterocycles. The molecule has 4 bridgehead atoms. The zero-order chi connectivity index (χ0) is 16.0. The number of carboxylic acid groups (broad SMARTS) is 1. The van der Waals surface area contributed by atoms with E-state index in [0.29, 0.717) is 17.0 Å². The second-order valence-electron chi connectivity index (χ2n) is 8.38. The molecule has 2 N–H and O–H groups in total. The van der Waals surface area contributed by atoms with Crippen molar-refractivity contribution in [1.29, 1.82) is 0 Å². The van der Waals surface area contributed by atoms with Crippen molar-refractivity contribution in [3.63, 3.8) is 0 Å². The summed E-state index contributed by atoms with van der Waals surface area (Å²) in [5.41, 5.74) is 2.06. The molecule has 5 rings (SSSR count). The second-order valence-corrected chi connectivity index (χ2v) is 8.38. The summed E-state index contributed by atoms with van der Waals surface area (Å²) >= 11 is 0. The van der Waals surface area contributed by atoms with Gasteiger partial charge in [0.25, 0.3) is 0 Å². The molecule has 0 amide bonds. The van der Waals surface area contributed by atoms with Gasteiger partial charge in [0.05, 0.1) is 5.56 Å². The van der Waals surface area contributed by atoms with Gasteiger partial charge in [-0.3, -0.25) is 0 Å². The average molecular weight is 313 g/mol. The molecule has 4 fully saturated rings. The fourth-order valence-corrected chi connectivity index (χ4v) is 5.96. The van der Waals surface area contributed by atoms with Crippen molar-refractivity contribution in [3.05, 3.63) is 35.4 Å². The molecule has 0 spiro atoms. The van der Waals surface area contributed by atoms with Crippen LogP contribution < -0.4 is 5.32 Å². The molecule has 4 saturated carbocycles. The molecule has 23 heavy (non-hydrogen) atoms. The Hall–Kier alpha value is -1.35. The van der Waals surface area contributed by atoms with Crippen molar-refractivity contribution < 1.29 is 9.90 Å². The van der Waals surface area contributed by atoms with E-state index in [1.807, 2.05) is 12.1 Å². The van der Waals surface area contributed by atoms with Gasteiger partial charge in [0.1, 0.15) is 0 Å². The summed E-state index contributed by atoms with van der Waals surface area (Å²) in [4.78, 5) is 10.9. The zero-order valence-corrected chi connectivity index (χ0v) is 13.9. The van der Waals surface area contributed by atoms with Gasteiger partial charge < -0.3 is 10.4 Å². The van der Waals surface area contributed by atoms with E-state index in [1.54, 1.807) is 12.1 Å². The average Bonchev–Trinajstić information content (AvgIpc) is 2.51. The van der Waals surface area contributed by atoms with Crippen LogP contribution >= 0.6 is 0 Å². The second kappa shape index (κ2) is 5.62. The fraction of sp³-hybridized carbons (Fsp3) is 0.650. The van der Waals surface area contributed by atoms with Gasteiger partial charge in [-0.25, -0.2) is 4.79 Å². The van der Waals surface area contributed by atoms with E-state index in [9.17, 15) is 4.79 Å². The van der Waals surface area contributed by atoms with E-state index in [2.05, 4.69) is 12.2 Å². The molecular weight excluding hydrogens is 286 g/mol. The van der Waals surface area contributed by atoms with Crippen molar-refractivity contribution in [2.24, 2.45) is 23.2 Å². The van der Waals surface area contributed by atoms with Gasteiger partial charge in [0.15, 0.2) is 0 Å². The molecule has 1 unspecified atom stereocenters. The normalized spacial score (nSPS) is 36.1. The molecule has 1 aromatic carbocycles. The van der Waals surface area contributed by atoms with Gasteiger partial charge in [0.2, 0.25) is 0 Å². The van der Waals surface area contributed by atoms with E-state index in [1.165, 1.54) is 44.1 Å². The summed E-state index contributed by atoms with van der Waals surface area (Å²) in [6.45, 7) is 3.21. The number of nitrogens with one attached hydrogen (secondary N) is 1. The summed E-state index contributed by atoms with van der Waals surface area (Å²) in [5.74, 6) is 2.10. The third-order valence-corrected chi connectivity index (χ3v) is 6.82. The van der Waals surface area contributed by atoms with Crippen LogP contribution in [0.4, 0.5) is 0 Å². The summed E-state index contributed by atoms with van der Waals surface area (Å²) < 4.78 is 0. The lowest BCUT2D eigenvalue weighted by Crippen LogP contribution is -2.54. The Labute approximate surface area is 138 Å². The van der Waals surface area contributed by atoms with Crippen LogP contribution in [0.3, 0.4) is 0 Å². The first-order valence-electron chi connectivity index (χ1n) is 9.10. The van der Waals surface area contributed by atoms with Crippen LogP contribution in [0.1, 0.15) is 61.4 Å². The minimum atomic E-state index is -0.855. The number of rotatable bonds is 5. The number of benzene rings is 1. The van der Waals surface area contributed by atoms with Crippen LogP contribution in [0.5, 0.6) is 0 Å². The molecule has 0 aromatic heterocycles. The molecule has 0 saturated heterocycles. The Kier molecular flexibility index (Phi) is 3.72. The minimum absolute atomic E-state index is 0.364. The summed E-state index contributed by atoms with van der Waals surface area (Å²) in [6, 6.07) is 7.82. The van der Waals surface area contributed by atoms with Gasteiger partial charge in [0, 0.05) is 12.6 Å². The Bertz CT molecular complexity index is 557. The number of carbonyl (C=O) groups is 1. The molecule has 0 aliphatic heterocycles. The van der Waals surface area contributed by atoms with Crippen LogP contribution in [0.2, 0.25) is 0 Å². The van der Waals surface area contributed by atoms with Crippen LogP contribution in [-0.4, -0.2) is 17.1 Å². The summed E-state index contributed by atoms with van der Waals surface area (Å²) in [5, 5.41) is 12.7. The highest BCUT2D eigenvalue weighted by Crippen LogP contribution is 2.61. The Morgan fingerprint density at radius 2 is 1.65 bits per heavy atom. The molecule has 0 radical (unpaired) electrons. The Morgan fingerprint density at radius 1 is 1.13 bits per heavy atom. The molecule has 3 heteroatoms. The smallest absolute Gasteiger partial charge is 0.335 e. The van der Waals surface area contributed by atoms with E-state index >= 15 is 0 Å². The van der Waals surface area contributed by atoms with E-state index in [4.69, 9.17) is 5.11 Å². The van der Waals surface area contributed by atoms with E-state index < -0.39 is 5.97 Å². The van der Waals surface area contributed by atoms with Crippen molar-refractivity contribution in [1.82, 2.24) is 5.32 Å². The van der Waals surface area contributed by atoms with Crippen molar-refractivity contribution in [2.75, 3.05) is 0 Å². The predicted octanol–water partition coefficient (Wildman–Crippen LogP) is 4.08. The Balaban J connectivity index is 1.40. The van der Waals surface area contributed by atoms with Gasteiger partial charge in [-0.05, 0) is 86.3 Å². The SMILES string of the molecule is CC(NCc1ccc(C(=O)O)cc1)C12CC3CC(CC(C3)C1)C2. The standard InChI is InChI=1S/C20H27NO2/c1-13(21-12-14-2-4-18(5-3-14)19(22)23)20-9-15-6-16(10-20)8-17(7-15)11-20/h2-5,13,15-17,21H,6-12H2,1H3,(H,22,23). The first kappa shape index (κ1) is 15.2. The fourth-order valence-electron chi connectivity index (χ4n) is 5.96. The first-order chi connectivity index (χ1) is 11.0. The lowest BCUT2D eigenvalue weighted by molar-refractivity contribution is -0.0706. The highest BCUT2D eigenvalue weighted by molar-refractivity contribution is 5.87. The zero-order valence-electron chi connectivity index (χ0n) is 13.9. The molecule has 1 aromatic rings. The number of hydrogen-bond acceptors (Lipinski definition) is 2. The first-order valence-corrected chi connectivity index (χ1v) is 9.10. The van der Waals surface area contributed by atoms with E-state index in [-0.39, 0.29) is 0 Å². The third kappa shape index (κ3) is 2.80. The van der Waals surface area contributed by atoms with Gasteiger partial charge in [-0.15, -0.1) is 0 Å². The topological polar surface area (TPSA) is 49.3 Å². The molecule has 4 aliphatic rings. The quantitative estimate of drug-likeness (QED) is 0.861. The van der Waals surface area contributed by atoms with Gasteiger partial charge >= 0.3 is 5.97 Å². The number of aromatic carboxylic acids is 1.